The summed E-state index contributed by atoms with van der Waals surface area (Å²) in [5.41, 5.74) is 1.20. The summed E-state index contributed by atoms with van der Waals surface area (Å²) in [5.74, 6) is 1.46. The Labute approximate surface area is 115 Å². The van der Waals surface area contributed by atoms with Crippen LogP contribution < -0.4 is 15.4 Å². The summed E-state index contributed by atoms with van der Waals surface area (Å²) in [6, 6.07) is 8.04. The molecule has 0 spiro atoms. The lowest BCUT2D eigenvalue weighted by atomic mass is 10.1. The number of rotatable bonds is 8. The second kappa shape index (κ2) is 8.53. The van der Waals surface area contributed by atoms with Gasteiger partial charge in [0.2, 0.25) is 5.91 Å². The van der Waals surface area contributed by atoms with Crippen LogP contribution in [0.25, 0.3) is 0 Å². The number of hydrogen-bond acceptors (Lipinski definition) is 3. The third-order valence-corrected chi connectivity index (χ3v) is 2.58. The normalized spacial score (nSPS) is 10.5. The Morgan fingerprint density at radius 1 is 1.26 bits per heavy atom. The third kappa shape index (κ3) is 6.82. The van der Waals surface area contributed by atoms with Crippen molar-refractivity contribution in [1.82, 2.24) is 10.6 Å². The van der Waals surface area contributed by atoms with Gasteiger partial charge >= 0.3 is 0 Å². The van der Waals surface area contributed by atoms with Gasteiger partial charge in [0, 0.05) is 6.54 Å². The quantitative estimate of drug-likeness (QED) is 0.750. The lowest BCUT2D eigenvalue weighted by Gasteiger charge is -2.09. The molecule has 0 fully saturated rings. The van der Waals surface area contributed by atoms with Crippen molar-refractivity contribution < 1.29 is 9.53 Å². The first-order valence-corrected chi connectivity index (χ1v) is 6.75. The first-order chi connectivity index (χ1) is 9.11. The van der Waals surface area contributed by atoms with Gasteiger partial charge in [-0.05, 0) is 37.1 Å². The third-order valence-electron chi connectivity index (χ3n) is 2.58. The zero-order valence-corrected chi connectivity index (χ0v) is 12.0. The Morgan fingerprint density at radius 2 is 1.95 bits per heavy atom. The summed E-state index contributed by atoms with van der Waals surface area (Å²) < 4.78 is 5.62. The number of likely N-dealkylation sites (N-methyl/N-ethyl adjacent to an activating group) is 1. The number of nitrogens with one attached hydrogen (secondary N) is 2. The maximum atomic E-state index is 11.2. The molecule has 0 radical (unpaired) electrons. The van der Waals surface area contributed by atoms with Crippen molar-refractivity contribution in [2.24, 2.45) is 5.92 Å². The van der Waals surface area contributed by atoms with Crippen molar-refractivity contribution in [3.8, 4) is 5.75 Å². The molecule has 0 unspecified atom stereocenters. The maximum Gasteiger partial charge on any atom is 0.233 e. The van der Waals surface area contributed by atoms with E-state index in [1.807, 2.05) is 24.3 Å². The smallest absolute Gasteiger partial charge is 0.233 e. The maximum absolute atomic E-state index is 11.2. The first kappa shape index (κ1) is 15.5. The molecule has 1 rings (SSSR count). The fraction of sp³-hybridized carbons (Fsp3) is 0.533. The number of ether oxygens (including phenoxy) is 1. The van der Waals surface area contributed by atoms with Crippen LogP contribution in [-0.2, 0) is 11.2 Å². The van der Waals surface area contributed by atoms with Gasteiger partial charge in [0.15, 0.2) is 0 Å². The molecule has 0 bridgehead atoms. The minimum atomic E-state index is 0.0272. The Hall–Kier alpha value is -1.55. The summed E-state index contributed by atoms with van der Waals surface area (Å²) >= 11 is 0. The van der Waals surface area contributed by atoms with E-state index in [-0.39, 0.29) is 5.91 Å². The first-order valence-electron chi connectivity index (χ1n) is 6.75. The molecule has 4 heteroatoms. The molecule has 4 nitrogen and oxygen atoms in total. The fourth-order valence-electron chi connectivity index (χ4n) is 1.58. The van der Waals surface area contributed by atoms with E-state index < -0.39 is 0 Å². The van der Waals surface area contributed by atoms with Gasteiger partial charge in [-0.3, -0.25) is 4.79 Å². The van der Waals surface area contributed by atoms with Crippen LogP contribution in [0.2, 0.25) is 0 Å². The molecular weight excluding hydrogens is 240 g/mol. The van der Waals surface area contributed by atoms with E-state index in [0.717, 1.165) is 18.8 Å². The summed E-state index contributed by atoms with van der Waals surface area (Å²) in [6.45, 7) is 6.01. The highest BCUT2D eigenvalue weighted by molar-refractivity contribution is 5.77. The van der Waals surface area contributed by atoms with Crippen LogP contribution in [0.1, 0.15) is 19.4 Å². The standard InChI is InChI=1S/C15H24N2O2/c1-12(2)11-19-14-6-4-13(5-7-14)8-9-17-15(18)10-16-3/h4-7,12,16H,8-11H2,1-3H3,(H,17,18). The second-order valence-electron chi connectivity index (χ2n) is 4.98. The predicted octanol–water partition coefficient (Wildman–Crippen LogP) is 1.60. The van der Waals surface area contributed by atoms with Gasteiger partial charge in [0.1, 0.15) is 5.75 Å². The highest BCUT2D eigenvalue weighted by Gasteiger charge is 2.00. The molecule has 1 amide bonds. The van der Waals surface area contributed by atoms with Crippen LogP contribution >= 0.6 is 0 Å². The van der Waals surface area contributed by atoms with E-state index in [1.165, 1.54) is 5.56 Å². The highest BCUT2D eigenvalue weighted by Crippen LogP contribution is 2.13. The molecule has 0 aromatic heterocycles. The lowest BCUT2D eigenvalue weighted by Crippen LogP contribution is -2.33. The van der Waals surface area contributed by atoms with Crippen molar-refractivity contribution in [3.63, 3.8) is 0 Å². The van der Waals surface area contributed by atoms with Crippen molar-refractivity contribution in [2.75, 3.05) is 26.7 Å². The Balaban J connectivity index is 2.30. The van der Waals surface area contributed by atoms with Crippen molar-refractivity contribution >= 4 is 5.91 Å². The summed E-state index contributed by atoms with van der Waals surface area (Å²) in [5, 5.41) is 5.67. The van der Waals surface area contributed by atoms with E-state index in [9.17, 15) is 4.79 Å². The van der Waals surface area contributed by atoms with Crippen LogP contribution in [0, 0.1) is 5.92 Å². The minimum absolute atomic E-state index is 0.0272. The van der Waals surface area contributed by atoms with Gasteiger partial charge in [0.05, 0.1) is 13.2 Å². The average Bonchev–Trinajstić information content (AvgIpc) is 2.38. The number of amides is 1. The molecule has 2 N–H and O–H groups in total. The summed E-state index contributed by atoms with van der Waals surface area (Å²) in [6.07, 6.45) is 0.833. The Morgan fingerprint density at radius 3 is 2.53 bits per heavy atom. The zero-order valence-electron chi connectivity index (χ0n) is 12.0. The molecular formula is C15H24N2O2. The molecule has 0 aliphatic carbocycles. The molecule has 0 aliphatic heterocycles. The average molecular weight is 264 g/mol. The number of carbonyl (C=O) groups excluding carboxylic acids is 1. The largest absolute Gasteiger partial charge is 0.493 e. The lowest BCUT2D eigenvalue weighted by molar-refractivity contribution is -0.120. The van der Waals surface area contributed by atoms with E-state index >= 15 is 0 Å². The molecule has 106 valence electrons. The van der Waals surface area contributed by atoms with Gasteiger partial charge < -0.3 is 15.4 Å². The molecule has 19 heavy (non-hydrogen) atoms. The minimum Gasteiger partial charge on any atom is -0.493 e. The van der Waals surface area contributed by atoms with E-state index in [2.05, 4.69) is 24.5 Å². The van der Waals surface area contributed by atoms with Crippen molar-refractivity contribution in [1.29, 1.82) is 0 Å². The van der Waals surface area contributed by atoms with E-state index in [0.29, 0.717) is 19.0 Å². The van der Waals surface area contributed by atoms with Crippen LogP contribution in [-0.4, -0.2) is 32.7 Å². The second-order valence-corrected chi connectivity index (χ2v) is 4.98. The van der Waals surface area contributed by atoms with E-state index in [1.54, 1.807) is 7.05 Å². The van der Waals surface area contributed by atoms with Gasteiger partial charge in [-0.1, -0.05) is 26.0 Å². The van der Waals surface area contributed by atoms with Crippen LogP contribution in [0.3, 0.4) is 0 Å². The topological polar surface area (TPSA) is 50.4 Å². The van der Waals surface area contributed by atoms with Gasteiger partial charge in [-0.15, -0.1) is 0 Å². The molecule has 0 atom stereocenters. The molecule has 0 aliphatic rings. The number of hydrogen-bond donors (Lipinski definition) is 2. The Kier molecular flexibility index (Phi) is 6.97. The highest BCUT2D eigenvalue weighted by atomic mass is 16.5. The van der Waals surface area contributed by atoms with E-state index in [4.69, 9.17) is 4.74 Å². The SMILES string of the molecule is CNCC(=O)NCCc1ccc(OCC(C)C)cc1. The zero-order chi connectivity index (χ0) is 14.1. The molecule has 1 aromatic rings. The monoisotopic (exact) mass is 264 g/mol. The number of carbonyl (C=O) groups is 1. The van der Waals surface area contributed by atoms with Gasteiger partial charge in [-0.25, -0.2) is 0 Å². The van der Waals surface area contributed by atoms with Crippen LogP contribution in [0.15, 0.2) is 24.3 Å². The van der Waals surface area contributed by atoms with Crippen LogP contribution in [0.4, 0.5) is 0 Å². The van der Waals surface area contributed by atoms with Crippen LogP contribution in [0.5, 0.6) is 5.75 Å². The van der Waals surface area contributed by atoms with Crippen molar-refractivity contribution in [2.45, 2.75) is 20.3 Å². The fourth-order valence-corrected chi connectivity index (χ4v) is 1.58. The van der Waals surface area contributed by atoms with Crippen molar-refractivity contribution in [3.05, 3.63) is 29.8 Å². The summed E-state index contributed by atoms with van der Waals surface area (Å²) in [7, 11) is 1.76. The Bertz CT molecular complexity index is 374. The molecule has 1 aromatic carbocycles. The number of benzene rings is 1. The van der Waals surface area contributed by atoms with Gasteiger partial charge in [-0.2, -0.15) is 0 Å². The molecule has 0 heterocycles. The molecule has 0 saturated heterocycles. The van der Waals surface area contributed by atoms with Gasteiger partial charge in [0.25, 0.3) is 0 Å². The summed E-state index contributed by atoms with van der Waals surface area (Å²) in [4.78, 5) is 11.2. The predicted molar refractivity (Wildman–Crippen MR) is 77.4 cm³/mol. The molecule has 0 saturated carbocycles.